The average molecular weight is 933 g/mol. The lowest BCUT2D eigenvalue weighted by molar-refractivity contribution is -0.123. The zero-order valence-electron chi connectivity index (χ0n) is 39.8. The second-order valence-corrected chi connectivity index (χ2v) is 31.6. The number of fused-ring (bicyclic) bond motifs is 6. The molecule has 2 fully saturated rings. The molecule has 0 N–H and O–H groups in total. The lowest BCUT2D eigenvalue weighted by Crippen LogP contribution is -2.45. The highest BCUT2D eigenvalue weighted by Crippen LogP contribution is 2.42. The van der Waals surface area contributed by atoms with E-state index in [4.69, 9.17) is 28.4 Å². The van der Waals surface area contributed by atoms with E-state index < -0.39 is 28.2 Å². The molecule has 5 aliphatic rings. The van der Waals surface area contributed by atoms with Crippen molar-refractivity contribution in [3.8, 4) is 23.0 Å². The minimum atomic E-state index is -1.38. The number of benzene rings is 2. The Bertz CT molecular complexity index is 1910. The van der Waals surface area contributed by atoms with E-state index in [1.807, 2.05) is 0 Å². The second-order valence-electron chi connectivity index (χ2n) is 20.4. The molecule has 65 heavy (non-hydrogen) atoms. The number of hydrogen-bond donors (Lipinski definition) is 0. The highest BCUT2D eigenvalue weighted by atomic mass is 28.3. The molecule has 2 aromatic carbocycles. The number of nitrogens with zero attached hydrogens (tertiary/aromatic N) is 4. The third-order valence-corrected chi connectivity index (χ3v) is 16.2. The number of carbonyl (C=O) groups is 4. The summed E-state index contributed by atoms with van der Waals surface area (Å²) in [6.07, 6.45) is 13.0. The Morgan fingerprint density at radius 2 is 0.908 bits per heavy atom. The fourth-order valence-corrected chi connectivity index (χ4v) is 10.4. The zero-order chi connectivity index (χ0) is 46.1. The summed E-state index contributed by atoms with van der Waals surface area (Å²) in [6, 6.07) is 7.84. The predicted molar refractivity (Wildman–Crippen MR) is 257 cm³/mol. The molecule has 4 amide bonds. The van der Waals surface area contributed by atoms with Crippen molar-refractivity contribution in [3.63, 3.8) is 0 Å². The first-order valence-corrected chi connectivity index (χ1v) is 31.5. The van der Waals surface area contributed by atoms with Crippen LogP contribution < -0.4 is 28.7 Å². The van der Waals surface area contributed by atoms with Gasteiger partial charge in [-0.2, -0.15) is 0 Å². The highest BCUT2D eigenvalue weighted by molar-refractivity contribution is 6.76. The predicted octanol–water partition coefficient (Wildman–Crippen LogP) is 8.73. The molecule has 0 aliphatic carbocycles. The van der Waals surface area contributed by atoms with E-state index >= 15 is 0 Å². The van der Waals surface area contributed by atoms with Gasteiger partial charge in [0.1, 0.15) is 25.5 Å². The first-order valence-electron chi connectivity index (χ1n) is 24.1. The molecule has 0 bridgehead atoms. The van der Waals surface area contributed by atoms with Crippen LogP contribution in [0.3, 0.4) is 0 Å². The largest absolute Gasteiger partial charge is 0.490 e. The molecule has 5 heterocycles. The Labute approximate surface area is 387 Å². The first-order chi connectivity index (χ1) is 31.2. The summed E-state index contributed by atoms with van der Waals surface area (Å²) < 4.78 is 38.1. The third-order valence-electron chi connectivity index (χ3n) is 12.7. The van der Waals surface area contributed by atoms with Crippen LogP contribution in [0.5, 0.6) is 23.0 Å². The van der Waals surface area contributed by atoms with Crippen LogP contribution in [0.25, 0.3) is 0 Å². The summed E-state index contributed by atoms with van der Waals surface area (Å²) >= 11 is 0. The molecule has 0 radical (unpaired) electrons. The monoisotopic (exact) mass is 932 g/mol. The maximum absolute atomic E-state index is 14.2. The van der Waals surface area contributed by atoms with Crippen molar-refractivity contribution >= 4 is 51.2 Å². The number of ether oxygens (including phenoxy) is 6. The molecular weight excluding hydrogens is 861 g/mol. The molecule has 14 nitrogen and oxygen atoms in total. The topological polar surface area (TPSA) is 137 Å². The molecule has 2 aromatic rings. The molecule has 0 spiro atoms. The second kappa shape index (κ2) is 21.9. The van der Waals surface area contributed by atoms with Crippen LogP contribution in [0, 0.1) is 0 Å². The number of anilines is 2. The van der Waals surface area contributed by atoms with Crippen LogP contribution in [0.4, 0.5) is 11.4 Å². The number of amides is 4. The molecule has 0 unspecified atom stereocenters. The molecule has 5 aliphatic heterocycles. The Morgan fingerprint density at radius 1 is 0.523 bits per heavy atom. The summed E-state index contributed by atoms with van der Waals surface area (Å²) in [5, 5.41) is 0. The highest BCUT2D eigenvalue weighted by Gasteiger charge is 2.44. The van der Waals surface area contributed by atoms with E-state index in [0.717, 1.165) is 63.5 Å². The van der Waals surface area contributed by atoms with Gasteiger partial charge in [-0.1, -0.05) is 51.4 Å². The van der Waals surface area contributed by atoms with Gasteiger partial charge in [-0.3, -0.25) is 29.0 Å². The number of allylic oxidation sites excluding steroid dienone is 2. The standard InChI is InChI=1S/C49H72N4O10Si2/c1-64(2,3)28-26-58-34-52-40-32-44-42(30-36(40)46(54)50-20-15-18-38(50)48(52)56)60-22-13-11-9-7-8-10-12-14-23-61-43-31-37-41(33-45(43)63-25-17-24-62-44)53(35-59-27-29-65(4,5)6)49(57)39-19-16-21-51(39)47(37)55/h7-8,30-33,38-39H,9-29,34-35H2,1-6H3/b8-7+/t38-,39-/m0/s1. The van der Waals surface area contributed by atoms with E-state index in [1.165, 1.54) is 0 Å². The molecule has 356 valence electrons. The zero-order valence-corrected chi connectivity index (χ0v) is 41.8. The van der Waals surface area contributed by atoms with E-state index in [2.05, 4.69) is 51.4 Å². The van der Waals surface area contributed by atoms with Gasteiger partial charge in [0.15, 0.2) is 23.0 Å². The summed E-state index contributed by atoms with van der Waals surface area (Å²) in [5.41, 5.74) is 1.72. The Balaban J connectivity index is 1.15. The number of hydrogen-bond acceptors (Lipinski definition) is 10. The molecule has 0 aromatic heterocycles. The minimum absolute atomic E-state index is 0.0397. The van der Waals surface area contributed by atoms with E-state index in [-0.39, 0.29) is 50.3 Å². The third kappa shape index (κ3) is 12.3. The van der Waals surface area contributed by atoms with Gasteiger partial charge in [0.25, 0.3) is 23.6 Å². The van der Waals surface area contributed by atoms with E-state index in [9.17, 15) is 19.2 Å². The summed E-state index contributed by atoms with van der Waals surface area (Å²) in [4.78, 5) is 63.3. The van der Waals surface area contributed by atoms with Crippen LogP contribution in [0.1, 0.15) is 91.3 Å². The van der Waals surface area contributed by atoms with Crippen LogP contribution >= 0.6 is 0 Å². The quantitative estimate of drug-likeness (QED) is 0.129. The minimum Gasteiger partial charge on any atom is -0.490 e. The SMILES string of the molecule is C[Si](C)(C)CCOCN1C(=O)[C@@H]2CCCN2C(=O)c2cc3c(cc21)OCCCOc1cc2c(cc1OCCCC/C=C/CCCCO3)C(=O)N1CCC[C@H]1C(=O)N2COCC[Si](C)(C)C. The van der Waals surface area contributed by atoms with E-state index in [0.29, 0.717) is 104 Å². The lowest BCUT2D eigenvalue weighted by atomic mass is 10.1. The van der Waals surface area contributed by atoms with Gasteiger partial charge in [-0.25, -0.2) is 0 Å². The Morgan fingerprint density at radius 3 is 1.31 bits per heavy atom. The molecular formula is C49H72N4O10Si2. The number of rotatable bonds is 10. The summed E-state index contributed by atoms with van der Waals surface area (Å²) in [6.45, 7) is 17.3. The van der Waals surface area contributed by atoms with Crippen LogP contribution in [-0.2, 0) is 19.1 Å². The van der Waals surface area contributed by atoms with Crippen molar-refractivity contribution in [2.24, 2.45) is 0 Å². The van der Waals surface area contributed by atoms with Crippen molar-refractivity contribution in [1.82, 2.24) is 9.80 Å². The Hall–Kier alpha value is -4.39. The normalized spacial score (nSPS) is 22.1. The summed E-state index contributed by atoms with van der Waals surface area (Å²) in [5.74, 6) is 1.10. The van der Waals surface area contributed by atoms with Gasteiger partial charge in [-0.05, 0) is 88.4 Å². The van der Waals surface area contributed by atoms with Crippen molar-refractivity contribution in [2.75, 3.05) is 76.0 Å². The smallest absolute Gasteiger partial charge is 0.256 e. The molecule has 2 saturated heterocycles. The summed E-state index contributed by atoms with van der Waals surface area (Å²) in [7, 11) is -2.76. The van der Waals surface area contributed by atoms with Crippen LogP contribution in [-0.4, -0.2) is 128 Å². The van der Waals surface area contributed by atoms with Crippen LogP contribution in [0.2, 0.25) is 51.4 Å². The fourth-order valence-electron chi connectivity index (χ4n) is 8.86. The fraction of sp³-hybridized carbons (Fsp3) is 0.633. The molecule has 7 rings (SSSR count). The molecule has 16 heteroatoms. The first kappa shape index (κ1) is 48.5. The van der Waals surface area contributed by atoms with Crippen molar-refractivity contribution < 1.29 is 47.6 Å². The van der Waals surface area contributed by atoms with Gasteiger partial charge in [0.2, 0.25) is 0 Å². The van der Waals surface area contributed by atoms with Crippen molar-refractivity contribution in [1.29, 1.82) is 0 Å². The average Bonchev–Trinajstić information content (AvgIpc) is 3.94. The van der Waals surface area contributed by atoms with Gasteiger partial charge < -0.3 is 38.2 Å². The maximum Gasteiger partial charge on any atom is 0.256 e. The van der Waals surface area contributed by atoms with Gasteiger partial charge in [-0.15, -0.1) is 0 Å². The lowest BCUT2D eigenvalue weighted by Gasteiger charge is -2.27. The van der Waals surface area contributed by atoms with Gasteiger partial charge >= 0.3 is 0 Å². The van der Waals surface area contributed by atoms with Crippen molar-refractivity contribution in [3.05, 3.63) is 47.5 Å². The molecule has 0 saturated carbocycles. The van der Waals surface area contributed by atoms with Gasteiger partial charge in [0, 0.05) is 61.0 Å². The maximum atomic E-state index is 14.2. The van der Waals surface area contributed by atoms with Crippen LogP contribution in [0.15, 0.2) is 36.4 Å². The Kier molecular flexibility index (Phi) is 16.4. The van der Waals surface area contributed by atoms with Crippen molar-refractivity contribution in [2.45, 2.75) is 134 Å². The van der Waals surface area contributed by atoms with Gasteiger partial charge in [0.05, 0.1) is 48.9 Å². The number of carbonyl (C=O) groups excluding carboxylic acids is 4. The van der Waals surface area contributed by atoms with E-state index in [1.54, 1.807) is 43.9 Å². The molecule has 2 atom stereocenters.